The molecule has 6 nitrogen and oxygen atoms in total. The highest BCUT2D eigenvalue weighted by Crippen LogP contribution is 2.26. The molecule has 1 aromatic rings. The Balaban J connectivity index is 2.47. The Labute approximate surface area is 125 Å². The van der Waals surface area contributed by atoms with Gasteiger partial charge in [-0.15, -0.1) is 0 Å². The van der Waals surface area contributed by atoms with Crippen molar-refractivity contribution >= 4 is 27.6 Å². The van der Waals surface area contributed by atoms with E-state index in [-0.39, 0.29) is 11.6 Å². The van der Waals surface area contributed by atoms with Crippen LogP contribution in [0.4, 0.5) is 4.39 Å². The SMILES string of the molecule is CC1(NS(=O)(=O)c2cc(Cl)cc(C(=O)O)c2F)CCOC1. The molecule has 0 aromatic heterocycles. The summed E-state index contributed by atoms with van der Waals surface area (Å²) < 4.78 is 46.1. The Morgan fingerprint density at radius 1 is 1.52 bits per heavy atom. The number of carboxylic acid groups (broad SMARTS) is 1. The van der Waals surface area contributed by atoms with Crippen LogP contribution in [-0.4, -0.2) is 38.2 Å². The third-order valence-electron chi connectivity index (χ3n) is 3.12. The third kappa shape index (κ3) is 3.34. The number of aromatic carboxylic acids is 1. The number of rotatable bonds is 4. The van der Waals surface area contributed by atoms with Crippen molar-refractivity contribution in [1.29, 1.82) is 0 Å². The van der Waals surface area contributed by atoms with Gasteiger partial charge in [-0.3, -0.25) is 0 Å². The van der Waals surface area contributed by atoms with Crippen LogP contribution in [0.3, 0.4) is 0 Å². The quantitative estimate of drug-likeness (QED) is 0.871. The zero-order valence-electron chi connectivity index (χ0n) is 11.0. The van der Waals surface area contributed by atoms with E-state index >= 15 is 0 Å². The van der Waals surface area contributed by atoms with Crippen LogP contribution in [0.1, 0.15) is 23.7 Å². The average molecular weight is 338 g/mol. The molecule has 1 aromatic carbocycles. The summed E-state index contributed by atoms with van der Waals surface area (Å²) in [5, 5.41) is 8.70. The first-order valence-electron chi connectivity index (χ1n) is 5.99. The van der Waals surface area contributed by atoms with E-state index in [0.29, 0.717) is 13.0 Å². The molecule has 1 unspecified atom stereocenters. The van der Waals surface area contributed by atoms with Crippen molar-refractivity contribution in [3.63, 3.8) is 0 Å². The average Bonchev–Trinajstić information content (AvgIpc) is 2.76. The van der Waals surface area contributed by atoms with Crippen LogP contribution in [0.15, 0.2) is 17.0 Å². The van der Waals surface area contributed by atoms with Gasteiger partial charge in [-0.25, -0.2) is 22.3 Å². The second-order valence-corrected chi connectivity index (χ2v) is 7.13. The van der Waals surface area contributed by atoms with Gasteiger partial charge in [0.05, 0.1) is 17.7 Å². The number of hydrogen-bond donors (Lipinski definition) is 2. The molecule has 0 aliphatic carbocycles. The van der Waals surface area contributed by atoms with Gasteiger partial charge in [0.15, 0.2) is 5.82 Å². The standard InChI is InChI=1S/C12H13ClFNO5S/c1-12(2-3-20-6-12)15-21(18,19)9-5-7(13)4-8(10(9)14)11(16)17/h4-5,15H,2-3,6H2,1H3,(H,16,17). The summed E-state index contributed by atoms with van der Waals surface area (Å²) in [4.78, 5) is 10.1. The Hall–Kier alpha value is -1.22. The van der Waals surface area contributed by atoms with Gasteiger partial charge >= 0.3 is 5.97 Å². The predicted molar refractivity (Wildman–Crippen MR) is 72.5 cm³/mol. The summed E-state index contributed by atoms with van der Waals surface area (Å²) in [6.07, 6.45) is 0.431. The van der Waals surface area contributed by atoms with Crippen molar-refractivity contribution in [2.75, 3.05) is 13.2 Å². The number of benzene rings is 1. The monoisotopic (exact) mass is 337 g/mol. The minimum Gasteiger partial charge on any atom is -0.478 e. The molecular formula is C12H13ClFNO5S. The number of ether oxygens (including phenoxy) is 1. The molecule has 1 heterocycles. The maximum Gasteiger partial charge on any atom is 0.338 e. The topological polar surface area (TPSA) is 92.7 Å². The smallest absolute Gasteiger partial charge is 0.338 e. The summed E-state index contributed by atoms with van der Waals surface area (Å²) in [6.45, 7) is 2.16. The summed E-state index contributed by atoms with van der Waals surface area (Å²) in [5.41, 5.74) is -1.66. The summed E-state index contributed by atoms with van der Waals surface area (Å²) in [6, 6.07) is 1.74. The Kier molecular flexibility index (Phi) is 4.25. The van der Waals surface area contributed by atoms with Crippen LogP contribution in [0.25, 0.3) is 0 Å². The maximum atomic E-state index is 14.1. The Morgan fingerprint density at radius 3 is 2.71 bits per heavy atom. The maximum absolute atomic E-state index is 14.1. The molecule has 116 valence electrons. The minimum absolute atomic E-state index is 0.153. The third-order valence-corrected chi connectivity index (χ3v) is 4.98. The van der Waals surface area contributed by atoms with E-state index in [1.54, 1.807) is 6.92 Å². The summed E-state index contributed by atoms with van der Waals surface area (Å²) in [7, 11) is -4.26. The molecule has 21 heavy (non-hydrogen) atoms. The molecule has 1 saturated heterocycles. The van der Waals surface area contributed by atoms with E-state index < -0.39 is 37.8 Å². The number of halogens is 2. The first-order valence-corrected chi connectivity index (χ1v) is 7.85. The zero-order valence-corrected chi connectivity index (χ0v) is 12.6. The van der Waals surface area contributed by atoms with Crippen molar-refractivity contribution < 1.29 is 27.4 Å². The molecular weight excluding hydrogens is 325 g/mol. The molecule has 9 heteroatoms. The fraction of sp³-hybridized carbons (Fsp3) is 0.417. The van der Waals surface area contributed by atoms with Crippen LogP contribution < -0.4 is 4.72 Å². The van der Waals surface area contributed by atoms with E-state index in [1.165, 1.54) is 0 Å². The molecule has 0 saturated carbocycles. The number of carbonyl (C=O) groups is 1. The molecule has 0 bridgehead atoms. The lowest BCUT2D eigenvalue weighted by Gasteiger charge is -2.23. The van der Waals surface area contributed by atoms with E-state index in [4.69, 9.17) is 21.4 Å². The number of sulfonamides is 1. The van der Waals surface area contributed by atoms with Gasteiger partial charge in [0, 0.05) is 11.6 Å². The van der Waals surface area contributed by atoms with Gasteiger partial charge in [-0.2, -0.15) is 0 Å². The van der Waals surface area contributed by atoms with Gasteiger partial charge in [0.2, 0.25) is 10.0 Å². The van der Waals surface area contributed by atoms with E-state index in [1.807, 2.05) is 0 Å². The van der Waals surface area contributed by atoms with Gasteiger partial charge in [0.1, 0.15) is 4.90 Å². The summed E-state index contributed by atoms with van der Waals surface area (Å²) in [5.74, 6) is -2.94. The highest BCUT2D eigenvalue weighted by molar-refractivity contribution is 7.89. The second kappa shape index (κ2) is 5.53. The molecule has 0 radical (unpaired) electrons. The van der Waals surface area contributed by atoms with E-state index in [0.717, 1.165) is 12.1 Å². The Bertz CT molecular complexity index is 685. The lowest BCUT2D eigenvalue weighted by molar-refractivity contribution is 0.0691. The first-order chi connectivity index (χ1) is 9.65. The molecule has 1 fully saturated rings. The molecule has 1 atom stereocenters. The fourth-order valence-corrected chi connectivity index (χ4v) is 3.87. The van der Waals surface area contributed by atoms with Crippen molar-refractivity contribution in [3.8, 4) is 0 Å². The summed E-state index contributed by atoms with van der Waals surface area (Å²) >= 11 is 5.68. The molecule has 0 amide bonds. The van der Waals surface area contributed by atoms with Crippen molar-refractivity contribution in [3.05, 3.63) is 28.5 Å². The largest absolute Gasteiger partial charge is 0.478 e. The first kappa shape index (κ1) is 16.2. The highest BCUT2D eigenvalue weighted by atomic mass is 35.5. The van der Waals surface area contributed by atoms with Crippen LogP contribution in [-0.2, 0) is 14.8 Å². The molecule has 2 rings (SSSR count). The van der Waals surface area contributed by atoms with Crippen molar-refractivity contribution in [1.82, 2.24) is 4.72 Å². The number of nitrogens with one attached hydrogen (secondary N) is 1. The second-order valence-electron chi connectivity index (χ2n) is 5.04. The highest BCUT2D eigenvalue weighted by Gasteiger charge is 2.36. The van der Waals surface area contributed by atoms with Crippen molar-refractivity contribution in [2.45, 2.75) is 23.8 Å². The van der Waals surface area contributed by atoms with Crippen LogP contribution >= 0.6 is 11.6 Å². The van der Waals surface area contributed by atoms with Gasteiger partial charge in [-0.05, 0) is 25.5 Å². The van der Waals surface area contributed by atoms with Gasteiger partial charge in [-0.1, -0.05) is 11.6 Å². The molecule has 1 aliphatic heterocycles. The molecule has 2 N–H and O–H groups in total. The van der Waals surface area contributed by atoms with Gasteiger partial charge in [0.25, 0.3) is 0 Å². The Morgan fingerprint density at radius 2 is 2.19 bits per heavy atom. The van der Waals surface area contributed by atoms with Crippen LogP contribution in [0.5, 0.6) is 0 Å². The zero-order chi connectivity index (χ0) is 15.8. The lowest BCUT2D eigenvalue weighted by atomic mass is 10.0. The van der Waals surface area contributed by atoms with Crippen LogP contribution in [0, 0.1) is 5.82 Å². The van der Waals surface area contributed by atoms with Gasteiger partial charge < -0.3 is 9.84 Å². The van der Waals surface area contributed by atoms with Crippen LogP contribution in [0.2, 0.25) is 5.02 Å². The normalized spacial score (nSPS) is 22.4. The predicted octanol–water partition coefficient (Wildman–Crippen LogP) is 1.63. The molecule has 1 aliphatic rings. The van der Waals surface area contributed by atoms with E-state index in [9.17, 15) is 17.6 Å². The fourth-order valence-electron chi connectivity index (χ4n) is 2.04. The van der Waals surface area contributed by atoms with Crippen molar-refractivity contribution in [2.24, 2.45) is 0 Å². The minimum atomic E-state index is -4.26. The number of carboxylic acids is 1. The van der Waals surface area contributed by atoms with E-state index in [2.05, 4.69) is 4.72 Å². The molecule has 0 spiro atoms. The number of hydrogen-bond acceptors (Lipinski definition) is 4. The lowest BCUT2D eigenvalue weighted by Crippen LogP contribution is -2.46.